The van der Waals surface area contributed by atoms with E-state index >= 15 is 0 Å². The lowest BCUT2D eigenvalue weighted by Gasteiger charge is -2.27. The van der Waals surface area contributed by atoms with Crippen molar-refractivity contribution in [2.24, 2.45) is 0 Å². The Morgan fingerprint density at radius 2 is 1.09 bits per heavy atom. The molecule has 216 valence electrons. The smallest absolute Gasteiger partial charge is 0.227 e. The van der Waals surface area contributed by atoms with E-state index in [-0.39, 0.29) is 0 Å². The molecule has 0 spiro atoms. The standard InChI is InChI=1S/C43H28N2O/c1-3-12-30(13-4-1)43-44-42-38-20-11-21-40(37(38)26-27-41(42)46-43)45(32-15-5-2-6-16-32)33-24-22-29(23-25-33)39-28-31-14-7-8-17-34(31)35-18-9-10-19-36(35)39/h1-28H. The van der Waals surface area contributed by atoms with Crippen LogP contribution < -0.4 is 4.90 Å². The van der Waals surface area contributed by atoms with Crippen LogP contribution in [0.15, 0.2) is 174 Å². The Bertz CT molecular complexity index is 2520. The van der Waals surface area contributed by atoms with Gasteiger partial charge in [-0.25, -0.2) is 4.98 Å². The highest BCUT2D eigenvalue weighted by Crippen LogP contribution is 2.42. The molecule has 9 aromatic rings. The lowest BCUT2D eigenvalue weighted by Crippen LogP contribution is -2.10. The second-order valence-electron chi connectivity index (χ2n) is 11.6. The molecule has 1 aromatic heterocycles. The molecule has 46 heavy (non-hydrogen) atoms. The summed E-state index contributed by atoms with van der Waals surface area (Å²) >= 11 is 0. The predicted octanol–water partition coefficient (Wildman–Crippen LogP) is 12.1. The maximum atomic E-state index is 6.22. The zero-order chi connectivity index (χ0) is 30.5. The van der Waals surface area contributed by atoms with Crippen LogP contribution in [-0.4, -0.2) is 4.98 Å². The van der Waals surface area contributed by atoms with Gasteiger partial charge in [0.15, 0.2) is 5.58 Å². The van der Waals surface area contributed by atoms with Crippen LogP contribution in [0.4, 0.5) is 17.1 Å². The minimum Gasteiger partial charge on any atom is -0.436 e. The highest BCUT2D eigenvalue weighted by Gasteiger charge is 2.19. The first-order valence-corrected chi connectivity index (χ1v) is 15.6. The first kappa shape index (κ1) is 26.2. The van der Waals surface area contributed by atoms with Gasteiger partial charge in [0, 0.05) is 27.7 Å². The number of oxazole rings is 1. The van der Waals surface area contributed by atoms with E-state index in [0.717, 1.165) is 44.5 Å². The fourth-order valence-corrected chi connectivity index (χ4v) is 6.72. The summed E-state index contributed by atoms with van der Waals surface area (Å²) in [5.74, 6) is 0.630. The molecule has 9 rings (SSSR count). The van der Waals surface area contributed by atoms with Gasteiger partial charge in [0.1, 0.15) is 5.52 Å². The van der Waals surface area contributed by atoms with Crippen LogP contribution in [0.1, 0.15) is 0 Å². The summed E-state index contributed by atoms with van der Waals surface area (Å²) in [5.41, 5.74) is 8.29. The molecule has 0 atom stereocenters. The number of fused-ring (bicyclic) bond motifs is 6. The maximum Gasteiger partial charge on any atom is 0.227 e. The lowest BCUT2D eigenvalue weighted by atomic mass is 9.93. The number of anilines is 3. The minimum absolute atomic E-state index is 0.630. The van der Waals surface area contributed by atoms with Crippen molar-refractivity contribution < 1.29 is 4.42 Å². The quantitative estimate of drug-likeness (QED) is 0.187. The minimum atomic E-state index is 0.630. The third-order valence-electron chi connectivity index (χ3n) is 8.87. The van der Waals surface area contributed by atoms with Crippen LogP contribution in [-0.2, 0) is 0 Å². The fourth-order valence-electron chi connectivity index (χ4n) is 6.72. The van der Waals surface area contributed by atoms with Crippen LogP contribution in [0.2, 0.25) is 0 Å². The Labute approximate surface area is 266 Å². The summed E-state index contributed by atoms with van der Waals surface area (Å²) in [6, 6.07) is 59.8. The number of aromatic nitrogens is 1. The van der Waals surface area contributed by atoms with Gasteiger partial charge in [-0.1, -0.05) is 109 Å². The van der Waals surface area contributed by atoms with Crippen molar-refractivity contribution in [1.29, 1.82) is 0 Å². The summed E-state index contributed by atoms with van der Waals surface area (Å²) in [6.45, 7) is 0. The SMILES string of the molecule is c1ccc(-c2nc3c(ccc4c(N(c5ccccc5)c5ccc(-c6cc7ccccc7c7ccccc67)cc5)cccc43)o2)cc1. The Hall–Kier alpha value is -6.19. The maximum absolute atomic E-state index is 6.22. The van der Waals surface area contributed by atoms with Crippen LogP contribution >= 0.6 is 0 Å². The molecule has 3 heteroatoms. The van der Waals surface area contributed by atoms with Crippen molar-refractivity contribution >= 4 is 60.5 Å². The molecule has 0 fully saturated rings. The number of hydrogen-bond acceptors (Lipinski definition) is 3. The van der Waals surface area contributed by atoms with Crippen LogP contribution in [0.5, 0.6) is 0 Å². The second-order valence-corrected chi connectivity index (χ2v) is 11.6. The molecule has 0 saturated heterocycles. The Kier molecular flexibility index (Phi) is 6.14. The van der Waals surface area contributed by atoms with Crippen LogP contribution in [0.3, 0.4) is 0 Å². The first-order chi connectivity index (χ1) is 22.8. The van der Waals surface area contributed by atoms with Gasteiger partial charge in [0.25, 0.3) is 0 Å². The number of rotatable bonds is 5. The molecule has 0 radical (unpaired) electrons. The van der Waals surface area contributed by atoms with Crippen molar-refractivity contribution in [3.63, 3.8) is 0 Å². The Morgan fingerprint density at radius 1 is 0.435 bits per heavy atom. The molecule has 0 saturated carbocycles. The average molecular weight is 589 g/mol. The summed E-state index contributed by atoms with van der Waals surface area (Å²) in [4.78, 5) is 7.29. The molecule has 0 aliphatic carbocycles. The fraction of sp³-hybridized carbons (Fsp3) is 0. The summed E-state index contributed by atoms with van der Waals surface area (Å²) in [5, 5.41) is 7.22. The van der Waals surface area contributed by atoms with Gasteiger partial charge in [0.2, 0.25) is 5.89 Å². The molecule has 0 aliphatic heterocycles. The van der Waals surface area contributed by atoms with E-state index in [1.165, 1.54) is 32.7 Å². The summed E-state index contributed by atoms with van der Waals surface area (Å²) in [7, 11) is 0. The van der Waals surface area contributed by atoms with E-state index in [4.69, 9.17) is 9.40 Å². The van der Waals surface area contributed by atoms with Gasteiger partial charge in [-0.15, -0.1) is 0 Å². The Balaban J connectivity index is 1.19. The zero-order valence-corrected chi connectivity index (χ0v) is 25.0. The van der Waals surface area contributed by atoms with Gasteiger partial charge in [-0.2, -0.15) is 0 Å². The number of para-hydroxylation sites is 1. The predicted molar refractivity (Wildman–Crippen MR) is 192 cm³/mol. The topological polar surface area (TPSA) is 29.3 Å². The molecule has 0 amide bonds. The van der Waals surface area contributed by atoms with Crippen LogP contribution in [0, 0.1) is 0 Å². The van der Waals surface area contributed by atoms with E-state index < -0.39 is 0 Å². The highest BCUT2D eigenvalue weighted by atomic mass is 16.3. The van der Waals surface area contributed by atoms with Crippen LogP contribution in [0.25, 0.3) is 66.0 Å². The molecule has 1 heterocycles. The third-order valence-corrected chi connectivity index (χ3v) is 8.87. The highest BCUT2D eigenvalue weighted by molar-refractivity contribution is 6.14. The van der Waals surface area contributed by atoms with Crippen molar-refractivity contribution in [3.05, 3.63) is 170 Å². The van der Waals surface area contributed by atoms with Gasteiger partial charge in [-0.3, -0.25) is 0 Å². The largest absolute Gasteiger partial charge is 0.436 e. The van der Waals surface area contributed by atoms with Gasteiger partial charge in [-0.05, 0) is 93.3 Å². The second kappa shape index (κ2) is 10.8. The van der Waals surface area contributed by atoms with Crippen molar-refractivity contribution in [2.45, 2.75) is 0 Å². The summed E-state index contributed by atoms with van der Waals surface area (Å²) < 4.78 is 6.22. The first-order valence-electron chi connectivity index (χ1n) is 15.6. The van der Waals surface area contributed by atoms with E-state index in [1.54, 1.807) is 0 Å². The third kappa shape index (κ3) is 4.33. The molecular formula is C43H28N2O. The monoisotopic (exact) mass is 588 g/mol. The lowest BCUT2D eigenvalue weighted by molar-refractivity contribution is 0.620. The normalized spacial score (nSPS) is 11.5. The molecule has 3 nitrogen and oxygen atoms in total. The van der Waals surface area contributed by atoms with Crippen molar-refractivity contribution in [2.75, 3.05) is 4.90 Å². The van der Waals surface area contributed by atoms with Gasteiger partial charge in [0.05, 0.1) is 5.69 Å². The average Bonchev–Trinajstić information content (AvgIpc) is 3.58. The van der Waals surface area contributed by atoms with Gasteiger partial charge >= 0.3 is 0 Å². The molecule has 0 aliphatic rings. The van der Waals surface area contributed by atoms with E-state index in [0.29, 0.717) is 5.89 Å². The van der Waals surface area contributed by atoms with Gasteiger partial charge < -0.3 is 9.32 Å². The molecule has 0 N–H and O–H groups in total. The Morgan fingerprint density at radius 3 is 1.89 bits per heavy atom. The van der Waals surface area contributed by atoms with E-state index in [9.17, 15) is 0 Å². The molecular weight excluding hydrogens is 560 g/mol. The van der Waals surface area contributed by atoms with Crippen molar-refractivity contribution in [3.8, 4) is 22.6 Å². The number of hydrogen-bond donors (Lipinski definition) is 0. The zero-order valence-electron chi connectivity index (χ0n) is 25.0. The molecule has 0 bridgehead atoms. The number of benzene rings is 8. The van der Waals surface area contributed by atoms with Crippen molar-refractivity contribution in [1.82, 2.24) is 4.98 Å². The van der Waals surface area contributed by atoms with E-state index in [2.05, 4.69) is 138 Å². The van der Waals surface area contributed by atoms with E-state index in [1.807, 2.05) is 36.4 Å². The summed E-state index contributed by atoms with van der Waals surface area (Å²) in [6.07, 6.45) is 0. The molecule has 0 unspecified atom stereocenters. The number of nitrogens with zero attached hydrogens (tertiary/aromatic N) is 2. The molecule has 8 aromatic carbocycles.